The van der Waals surface area contributed by atoms with Crippen LogP contribution in [0.3, 0.4) is 0 Å². The molecule has 2 fully saturated rings. The number of hydrogen-bond acceptors (Lipinski definition) is 1. The summed E-state index contributed by atoms with van der Waals surface area (Å²) in [6.45, 7) is 3.26. The minimum Gasteiger partial charge on any atom is -0.310 e. The van der Waals surface area contributed by atoms with Crippen LogP contribution in [-0.4, -0.2) is 6.54 Å². The lowest BCUT2D eigenvalue weighted by atomic mass is 9.80. The summed E-state index contributed by atoms with van der Waals surface area (Å²) in [5, 5.41) is 3.71. The highest BCUT2D eigenvalue weighted by Gasteiger charge is 2.43. The van der Waals surface area contributed by atoms with Crippen molar-refractivity contribution in [2.45, 2.75) is 45.1 Å². The van der Waals surface area contributed by atoms with Crippen molar-refractivity contribution >= 4 is 0 Å². The predicted molar refractivity (Wildman–Crippen MR) is 76.4 cm³/mol. The normalized spacial score (nSPS) is 30.7. The Balaban J connectivity index is 1.79. The molecule has 104 valence electrons. The molecule has 2 bridgehead atoms. The van der Waals surface area contributed by atoms with E-state index in [1.807, 2.05) is 12.1 Å². The Labute approximate surface area is 115 Å². The van der Waals surface area contributed by atoms with Gasteiger partial charge in [-0.2, -0.15) is 0 Å². The highest BCUT2D eigenvalue weighted by molar-refractivity contribution is 5.22. The van der Waals surface area contributed by atoms with Crippen LogP contribution in [0.5, 0.6) is 0 Å². The van der Waals surface area contributed by atoms with Gasteiger partial charge in [0, 0.05) is 6.04 Å². The van der Waals surface area contributed by atoms with Gasteiger partial charge in [-0.15, -0.1) is 0 Å². The topological polar surface area (TPSA) is 12.0 Å². The zero-order chi connectivity index (χ0) is 13.2. The number of hydrogen-bond donors (Lipinski definition) is 1. The van der Waals surface area contributed by atoms with Gasteiger partial charge in [-0.1, -0.05) is 25.5 Å². The fourth-order valence-corrected chi connectivity index (χ4v) is 4.19. The third-order valence-corrected chi connectivity index (χ3v) is 5.06. The molecule has 2 aliphatic carbocycles. The van der Waals surface area contributed by atoms with E-state index in [0.29, 0.717) is 6.04 Å². The number of benzene rings is 1. The SMILES string of the molecule is CCCNC(c1ccc(F)cc1)C1CC2CCC1C2. The number of fused-ring (bicyclic) bond motifs is 2. The van der Waals surface area contributed by atoms with Crippen LogP contribution in [-0.2, 0) is 0 Å². The van der Waals surface area contributed by atoms with Crippen molar-refractivity contribution in [3.63, 3.8) is 0 Å². The second-order valence-corrected chi connectivity index (χ2v) is 6.32. The molecule has 4 unspecified atom stereocenters. The Hall–Kier alpha value is -0.890. The minimum absolute atomic E-state index is 0.133. The Morgan fingerprint density at radius 2 is 2.00 bits per heavy atom. The molecule has 1 N–H and O–H groups in total. The van der Waals surface area contributed by atoms with Crippen molar-refractivity contribution in [1.82, 2.24) is 5.32 Å². The van der Waals surface area contributed by atoms with Crippen molar-refractivity contribution in [1.29, 1.82) is 0 Å². The minimum atomic E-state index is -0.133. The lowest BCUT2D eigenvalue weighted by molar-refractivity contribution is 0.251. The highest BCUT2D eigenvalue weighted by Crippen LogP contribution is 2.52. The van der Waals surface area contributed by atoms with Gasteiger partial charge in [0.2, 0.25) is 0 Å². The molecule has 1 aromatic carbocycles. The number of halogens is 1. The monoisotopic (exact) mass is 261 g/mol. The first-order valence-corrected chi connectivity index (χ1v) is 7.76. The molecule has 0 radical (unpaired) electrons. The predicted octanol–water partition coefficient (Wildman–Crippen LogP) is 4.30. The maximum atomic E-state index is 13.1. The van der Waals surface area contributed by atoms with Crippen LogP contribution < -0.4 is 5.32 Å². The van der Waals surface area contributed by atoms with Gasteiger partial charge >= 0.3 is 0 Å². The average Bonchev–Trinajstić information content (AvgIpc) is 3.04. The second kappa shape index (κ2) is 5.62. The van der Waals surface area contributed by atoms with Crippen LogP contribution in [0.15, 0.2) is 24.3 Å². The molecule has 0 aliphatic heterocycles. The van der Waals surface area contributed by atoms with Gasteiger partial charge < -0.3 is 5.32 Å². The standard InChI is InChI=1S/C17H24FN/c1-2-9-19-17(13-5-7-15(18)8-6-13)16-11-12-3-4-14(16)10-12/h5-8,12,14,16-17,19H,2-4,9-11H2,1H3. The summed E-state index contributed by atoms with van der Waals surface area (Å²) in [6.07, 6.45) is 6.78. The Morgan fingerprint density at radius 1 is 1.21 bits per heavy atom. The van der Waals surface area contributed by atoms with E-state index in [1.165, 1.54) is 31.2 Å². The summed E-state index contributed by atoms with van der Waals surface area (Å²) < 4.78 is 13.1. The van der Waals surface area contributed by atoms with E-state index in [2.05, 4.69) is 12.2 Å². The number of nitrogens with one attached hydrogen (secondary N) is 1. The van der Waals surface area contributed by atoms with E-state index < -0.39 is 0 Å². The first-order chi connectivity index (χ1) is 9.28. The summed E-state index contributed by atoms with van der Waals surface area (Å²) in [5.74, 6) is 2.48. The molecular formula is C17H24FN. The molecule has 0 spiro atoms. The molecule has 19 heavy (non-hydrogen) atoms. The third-order valence-electron chi connectivity index (χ3n) is 5.06. The maximum absolute atomic E-state index is 13.1. The smallest absolute Gasteiger partial charge is 0.123 e. The van der Waals surface area contributed by atoms with Gasteiger partial charge in [0.25, 0.3) is 0 Å². The first-order valence-electron chi connectivity index (χ1n) is 7.76. The molecule has 0 heterocycles. The molecule has 1 nitrogen and oxygen atoms in total. The quantitative estimate of drug-likeness (QED) is 0.833. The summed E-state index contributed by atoms with van der Waals surface area (Å²) >= 11 is 0. The second-order valence-electron chi connectivity index (χ2n) is 6.32. The third kappa shape index (κ3) is 2.69. The fourth-order valence-electron chi connectivity index (χ4n) is 4.19. The van der Waals surface area contributed by atoms with E-state index in [9.17, 15) is 4.39 Å². The van der Waals surface area contributed by atoms with Crippen LogP contribution in [0, 0.1) is 23.6 Å². The molecular weight excluding hydrogens is 237 g/mol. The van der Waals surface area contributed by atoms with Gasteiger partial charge in [-0.3, -0.25) is 0 Å². The molecule has 3 rings (SSSR count). The zero-order valence-corrected chi connectivity index (χ0v) is 11.7. The van der Waals surface area contributed by atoms with Crippen LogP contribution in [0.25, 0.3) is 0 Å². The van der Waals surface area contributed by atoms with Crippen molar-refractivity contribution in [3.05, 3.63) is 35.6 Å². The van der Waals surface area contributed by atoms with Gasteiger partial charge in [0.15, 0.2) is 0 Å². The molecule has 1 aromatic rings. The van der Waals surface area contributed by atoms with Crippen LogP contribution >= 0.6 is 0 Å². The van der Waals surface area contributed by atoms with E-state index in [-0.39, 0.29) is 5.82 Å². The summed E-state index contributed by atoms with van der Waals surface area (Å²) in [4.78, 5) is 0. The highest BCUT2D eigenvalue weighted by atomic mass is 19.1. The molecule has 2 aliphatic rings. The fraction of sp³-hybridized carbons (Fsp3) is 0.647. The Kier molecular flexibility index (Phi) is 3.88. The van der Waals surface area contributed by atoms with Gasteiger partial charge in [0.1, 0.15) is 5.82 Å². The lowest BCUT2D eigenvalue weighted by Gasteiger charge is -2.32. The van der Waals surface area contributed by atoms with Crippen molar-refractivity contribution < 1.29 is 4.39 Å². The van der Waals surface area contributed by atoms with E-state index >= 15 is 0 Å². The number of rotatable bonds is 5. The summed E-state index contributed by atoms with van der Waals surface area (Å²) in [5.41, 5.74) is 1.27. The van der Waals surface area contributed by atoms with E-state index in [0.717, 1.165) is 30.7 Å². The van der Waals surface area contributed by atoms with Crippen LogP contribution in [0.1, 0.15) is 50.6 Å². The molecule has 4 atom stereocenters. The first kappa shape index (κ1) is 13.1. The molecule has 0 aromatic heterocycles. The lowest BCUT2D eigenvalue weighted by Crippen LogP contribution is -2.32. The molecule has 2 saturated carbocycles. The molecule has 0 amide bonds. The average molecular weight is 261 g/mol. The van der Waals surface area contributed by atoms with Gasteiger partial charge in [-0.05, 0) is 67.7 Å². The van der Waals surface area contributed by atoms with Crippen LogP contribution in [0.4, 0.5) is 4.39 Å². The summed E-state index contributed by atoms with van der Waals surface area (Å²) in [6, 6.07) is 7.56. The van der Waals surface area contributed by atoms with Gasteiger partial charge in [0.05, 0.1) is 0 Å². The van der Waals surface area contributed by atoms with Crippen molar-refractivity contribution in [3.8, 4) is 0 Å². The van der Waals surface area contributed by atoms with Crippen molar-refractivity contribution in [2.75, 3.05) is 6.54 Å². The van der Waals surface area contributed by atoms with Crippen molar-refractivity contribution in [2.24, 2.45) is 17.8 Å². The maximum Gasteiger partial charge on any atom is 0.123 e. The Bertz CT molecular complexity index is 414. The zero-order valence-electron chi connectivity index (χ0n) is 11.7. The van der Waals surface area contributed by atoms with E-state index in [1.54, 1.807) is 12.1 Å². The van der Waals surface area contributed by atoms with Crippen LogP contribution in [0.2, 0.25) is 0 Å². The van der Waals surface area contributed by atoms with E-state index in [4.69, 9.17) is 0 Å². The molecule has 2 heteroatoms. The van der Waals surface area contributed by atoms with Gasteiger partial charge in [-0.25, -0.2) is 4.39 Å². The Morgan fingerprint density at radius 3 is 2.58 bits per heavy atom. The summed E-state index contributed by atoms with van der Waals surface area (Å²) in [7, 11) is 0. The largest absolute Gasteiger partial charge is 0.310 e. The molecule has 0 saturated heterocycles.